The summed E-state index contributed by atoms with van der Waals surface area (Å²) in [7, 11) is 0. The molecule has 0 saturated heterocycles. The normalized spacial score (nSPS) is 18.3. The maximum atomic E-state index is 11.6. The van der Waals surface area contributed by atoms with Gasteiger partial charge in [-0.05, 0) is 18.8 Å². The zero-order chi connectivity index (χ0) is 13.8. The molecule has 1 unspecified atom stereocenters. The Hall–Kier alpha value is -1.70. The number of amides is 2. The monoisotopic (exact) mass is 252 g/mol. The molecule has 100 valence electrons. The molecule has 1 rings (SSSR count). The van der Waals surface area contributed by atoms with Crippen LogP contribution in [0.4, 0.5) is 4.79 Å². The number of rotatable bonds is 5. The molecule has 2 amide bonds. The van der Waals surface area contributed by atoms with Gasteiger partial charge in [0, 0.05) is 6.54 Å². The molecule has 0 spiro atoms. The number of urea groups is 1. The van der Waals surface area contributed by atoms with Gasteiger partial charge < -0.3 is 15.7 Å². The number of carbonyl (C=O) groups excluding carboxylic acids is 1. The fourth-order valence-electron chi connectivity index (χ4n) is 1.91. The summed E-state index contributed by atoms with van der Waals surface area (Å²) in [6.45, 7) is 3.98. The smallest absolute Gasteiger partial charge is 0.315 e. The Morgan fingerprint density at radius 3 is 2.39 bits per heavy atom. The zero-order valence-corrected chi connectivity index (χ0v) is 10.8. The summed E-state index contributed by atoms with van der Waals surface area (Å²) in [5.74, 6) is 1.79. The van der Waals surface area contributed by atoms with Crippen LogP contribution in [0.25, 0.3) is 0 Å². The fourth-order valence-corrected chi connectivity index (χ4v) is 1.91. The standard InChI is InChI=1S/C13H20N2O3/c1-4-10(9(2)3)15-12(18)14-8-13(11(16)17)6-5-7-13/h1,9-10H,5-8H2,2-3H3,(H,16,17)(H2,14,15,18). The zero-order valence-electron chi connectivity index (χ0n) is 10.8. The average Bonchev–Trinajstić information content (AvgIpc) is 2.23. The number of hydrogen-bond donors (Lipinski definition) is 3. The molecule has 0 bridgehead atoms. The van der Waals surface area contributed by atoms with Crippen LogP contribution in [0.15, 0.2) is 0 Å². The lowest BCUT2D eigenvalue weighted by molar-refractivity contribution is -0.153. The van der Waals surface area contributed by atoms with Crippen LogP contribution < -0.4 is 10.6 Å². The first-order chi connectivity index (χ1) is 8.41. The number of terminal acetylenes is 1. The Labute approximate surface area is 107 Å². The molecule has 1 aliphatic carbocycles. The molecular formula is C13H20N2O3. The molecule has 18 heavy (non-hydrogen) atoms. The van der Waals surface area contributed by atoms with Gasteiger partial charge >= 0.3 is 12.0 Å². The number of hydrogen-bond acceptors (Lipinski definition) is 2. The topological polar surface area (TPSA) is 78.4 Å². The van der Waals surface area contributed by atoms with Gasteiger partial charge in [-0.15, -0.1) is 6.42 Å². The molecule has 1 aliphatic rings. The first-order valence-corrected chi connectivity index (χ1v) is 6.15. The van der Waals surface area contributed by atoms with E-state index in [0.717, 1.165) is 6.42 Å². The van der Waals surface area contributed by atoms with E-state index in [4.69, 9.17) is 11.5 Å². The SMILES string of the molecule is C#CC(NC(=O)NCC1(C(=O)O)CCC1)C(C)C. The predicted molar refractivity (Wildman–Crippen MR) is 67.9 cm³/mol. The van der Waals surface area contributed by atoms with E-state index in [2.05, 4.69) is 16.6 Å². The van der Waals surface area contributed by atoms with E-state index in [1.54, 1.807) is 0 Å². The highest BCUT2D eigenvalue weighted by Gasteiger charge is 2.44. The molecule has 3 N–H and O–H groups in total. The molecule has 0 heterocycles. The lowest BCUT2D eigenvalue weighted by Crippen LogP contribution is -2.51. The summed E-state index contributed by atoms with van der Waals surface area (Å²) in [6.07, 6.45) is 7.43. The Balaban J connectivity index is 2.42. The molecule has 0 radical (unpaired) electrons. The van der Waals surface area contributed by atoms with Gasteiger partial charge in [-0.1, -0.05) is 26.2 Å². The van der Waals surface area contributed by atoms with Crippen molar-refractivity contribution in [2.45, 2.75) is 39.2 Å². The van der Waals surface area contributed by atoms with Crippen LogP contribution in [0.2, 0.25) is 0 Å². The maximum absolute atomic E-state index is 11.6. The second kappa shape index (κ2) is 5.76. The summed E-state index contributed by atoms with van der Waals surface area (Å²) in [6, 6.07) is -0.744. The van der Waals surface area contributed by atoms with Crippen molar-refractivity contribution >= 4 is 12.0 Å². The van der Waals surface area contributed by atoms with Crippen molar-refractivity contribution < 1.29 is 14.7 Å². The number of carbonyl (C=O) groups is 2. The molecule has 1 atom stereocenters. The minimum Gasteiger partial charge on any atom is -0.481 e. The van der Waals surface area contributed by atoms with Crippen LogP contribution in [-0.2, 0) is 4.79 Å². The van der Waals surface area contributed by atoms with Crippen LogP contribution >= 0.6 is 0 Å². The van der Waals surface area contributed by atoms with Gasteiger partial charge in [0.1, 0.15) is 0 Å². The summed E-state index contributed by atoms with van der Waals surface area (Å²) in [4.78, 5) is 22.7. The largest absolute Gasteiger partial charge is 0.481 e. The highest BCUT2D eigenvalue weighted by molar-refractivity contribution is 5.79. The average molecular weight is 252 g/mol. The Morgan fingerprint density at radius 2 is 2.06 bits per heavy atom. The highest BCUT2D eigenvalue weighted by atomic mass is 16.4. The third-order valence-electron chi connectivity index (χ3n) is 3.48. The van der Waals surface area contributed by atoms with E-state index in [-0.39, 0.29) is 18.5 Å². The van der Waals surface area contributed by atoms with E-state index in [0.29, 0.717) is 12.8 Å². The fraction of sp³-hybridized carbons (Fsp3) is 0.692. The lowest BCUT2D eigenvalue weighted by atomic mass is 9.69. The Morgan fingerprint density at radius 1 is 1.44 bits per heavy atom. The van der Waals surface area contributed by atoms with Crippen LogP contribution in [-0.4, -0.2) is 29.7 Å². The quantitative estimate of drug-likeness (QED) is 0.643. The number of nitrogens with one attached hydrogen (secondary N) is 2. The summed E-state index contributed by atoms with van der Waals surface area (Å²) < 4.78 is 0. The van der Waals surface area contributed by atoms with Gasteiger partial charge in [0.2, 0.25) is 0 Å². The van der Waals surface area contributed by atoms with Gasteiger partial charge in [0.05, 0.1) is 11.5 Å². The molecular weight excluding hydrogens is 232 g/mol. The van der Waals surface area contributed by atoms with Crippen molar-refractivity contribution in [3.8, 4) is 12.3 Å². The minimum atomic E-state index is -0.841. The molecule has 0 aromatic heterocycles. The van der Waals surface area contributed by atoms with Crippen molar-refractivity contribution in [2.75, 3.05) is 6.54 Å². The summed E-state index contributed by atoms with van der Waals surface area (Å²) in [5.41, 5.74) is -0.777. The lowest BCUT2D eigenvalue weighted by Gasteiger charge is -2.37. The molecule has 1 fully saturated rings. The van der Waals surface area contributed by atoms with Crippen LogP contribution in [0.5, 0.6) is 0 Å². The second-order valence-corrected chi connectivity index (χ2v) is 5.15. The Bertz CT molecular complexity index is 367. The molecule has 0 aromatic rings. The highest BCUT2D eigenvalue weighted by Crippen LogP contribution is 2.40. The summed E-state index contributed by atoms with van der Waals surface area (Å²) >= 11 is 0. The van der Waals surface area contributed by atoms with Gasteiger partial charge in [0.15, 0.2) is 0 Å². The maximum Gasteiger partial charge on any atom is 0.315 e. The van der Waals surface area contributed by atoms with Crippen molar-refractivity contribution in [2.24, 2.45) is 11.3 Å². The van der Waals surface area contributed by atoms with E-state index in [9.17, 15) is 9.59 Å². The second-order valence-electron chi connectivity index (χ2n) is 5.15. The molecule has 5 heteroatoms. The van der Waals surface area contributed by atoms with E-state index in [1.165, 1.54) is 0 Å². The third kappa shape index (κ3) is 3.16. The summed E-state index contributed by atoms with van der Waals surface area (Å²) in [5, 5.41) is 14.4. The van der Waals surface area contributed by atoms with Gasteiger partial charge in [0.25, 0.3) is 0 Å². The first-order valence-electron chi connectivity index (χ1n) is 6.15. The van der Waals surface area contributed by atoms with Crippen molar-refractivity contribution in [3.63, 3.8) is 0 Å². The molecule has 5 nitrogen and oxygen atoms in total. The number of carboxylic acid groups (broad SMARTS) is 1. The van der Waals surface area contributed by atoms with E-state index < -0.39 is 17.4 Å². The van der Waals surface area contributed by atoms with Crippen molar-refractivity contribution in [1.82, 2.24) is 10.6 Å². The molecule has 1 saturated carbocycles. The van der Waals surface area contributed by atoms with Crippen molar-refractivity contribution in [3.05, 3.63) is 0 Å². The van der Waals surface area contributed by atoms with E-state index in [1.807, 2.05) is 13.8 Å². The Kier molecular flexibility index (Phi) is 4.60. The predicted octanol–water partition coefficient (Wildman–Crippen LogP) is 1.20. The first kappa shape index (κ1) is 14.4. The van der Waals surface area contributed by atoms with Crippen LogP contribution in [0, 0.1) is 23.7 Å². The van der Waals surface area contributed by atoms with Gasteiger partial charge in [-0.2, -0.15) is 0 Å². The third-order valence-corrected chi connectivity index (χ3v) is 3.48. The number of carboxylic acids is 1. The molecule has 0 aromatic carbocycles. The van der Waals surface area contributed by atoms with Crippen molar-refractivity contribution in [1.29, 1.82) is 0 Å². The van der Waals surface area contributed by atoms with Gasteiger partial charge in [-0.3, -0.25) is 4.79 Å². The van der Waals surface area contributed by atoms with E-state index >= 15 is 0 Å². The van der Waals surface area contributed by atoms with Gasteiger partial charge in [-0.25, -0.2) is 4.79 Å². The van der Waals surface area contributed by atoms with Crippen LogP contribution in [0.3, 0.4) is 0 Å². The number of aliphatic carboxylic acids is 1. The van der Waals surface area contributed by atoms with Crippen LogP contribution in [0.1, 0.15) is 33.1 Å². The minimum absolute atomic E-state index is 0.137. The molecule has 0 aliphatic heterocycles.